The number of hydrogen-bond acceptors (Lipinski definition) is 2. The molecule has 1 N–H and O–H groups in total. The summed E-state index contributed by atoms with van der Waals surface area (Å²) in [7, 11) is 0. The van der Waals surface area contributed by atoms with Crippen LogP contribution >= 0.6 is 0 Å². The molecule has 1 aliphatic rings. The van der Waals surface area contributed by atoms with E-state index in [1.54, 1.807) is 0 Å². The summed E-state index contributed by atoms with van der Waals surface area (Å²) in [5.74, 6) is 1.05. The van der Waals surface area contributed by atoms with Crippen LogP contribution in [0.1, 0.15) is 16.7 Å². The molecule has 2 nitrogen and oxygen atoms in total. The summed E-state index contributed by atoms with van der Waals surface area (Å²) in [5.41, 5.74) is 6.62. The first-order chi connectivity index (χ1) is 12.4. The predicted molar refractivity (Wildman–Crippen MR) is 105 cm³/mol. The van der Waals surface area contributed by atoms with Crippen molar-refractivity contribution in [3.63, 3.8) is 0 Å². The SMILES string of the molecule is c1ccc(-c2ccccc2CCc2ccccc2C2=NCCN2)cc1. The molecule has 0 radical (unpaired) electrons. The molecule has 0 bridgehead atoms. The van der Waals surface area contributed by atoms with Gasteiger partial charge in [-0.1, -0.05) is 78.9 Å². The van der Waals surface area contributed by atoms with Crippen molar-refractivity contribution in [2.45, 2.75) is 12.8 Å². The minimum atomic E-state index is 0.876. The Hall–Kier alpha value is -2.87. The molecular weight excluding hydrogens is 304 g/mol. The lowest BCUT2D eigenvalue weighted by Gasteiger charge is -2.13. The Morgan fingerprint density at radius 2 is 1.28 bits per heavy atom. The number of rotatable bonds is 5. The smallest absolute Gasteiger partial charge is 0.128 e. The molecule has 4 rings (SSSR count). The van der Waals surface area contributed by atoms with Crippen LogP contribution in [0.25, 0.3) is 11.1 Å². The molecule has 0 fully saturated rings. The number of hydrogen-bond donors (Lipinski definition) is 1. The second-order valence-electron chi connectivity index (χ2n) is 6.34. The van der Waals surface area contributed by atoms with Gasteiger partial charge in [0.15, 0.2) is 0 Å². The van der Waals surface area contributed by atoms with Gasteiger partial charge in [-0.3, -0.25) is 4.99 Å². The quantitative estimate of drug-likeness (QED) is 0.734. The average molecular weight is 326 g/mol. The molecule has 25 heavy (non-hydrogen) atoms. The molecule has 0 aromatic heterocycles. The Morgan fingerprint density at radius 1 is 0.680 bits per heavy atom. The van der Waals surface area contributed by atoms with Gasteiger partial charge in [0, 0.05) is 12.1 Å². The third-order valence-corrected chi connectivity index (χ3v) is 4.71. The number of benzene rings is 3. The van der Waals surface area contributed by atoms with Crippen LogP contribution in [0.3, 0.4) is 0 Å². The van der Waals surface area contributed by atoms with Crippen molar-refractivity contribution in [1.29, 1.82) is 0 Å². The standard InChI is InChI=1S/C23H22N2/c1-2-8-18(9-3-1)21-12-6-4-10-19(21)14-15-20-11-5-7-13-22(20)23-24-16-17-25-23/h1-13H,14-17H2,(H,24,25). The van der Waals surface area contributed by atoms with Gasteiger partial charge in [-0.2, -0.15) is 0 Å². The molecule has 1 heterocycles. The van der Waals surface area contributed by atoms with Crippen molar-refractivity contribution in [1.82, 2.24) is 5.32 Å². The molecule has 0 amide bonds. The highest BCUT2D eigenvalue weighted by Crippen LogP contribution is 2.25. The maximum Gasteiger partial charge on any atom is 0.128 e. The first-order valence-corrected chi connectivity index (χ1v) is 8.92. The molecule has 124 valence electrons. The maximum atomic E-state index is 4.59. The van der Waals surface area contributed by atoms with Crippen molar-refractivity contribution in [2.24, 2.45) is 4.99 Å². The normalized spacial score (nSPS) is 13.4. The summed E-state index contributed by atoms with van der Waals surface area (Å²) in [4.78, 5) is 4.59. The van der Waals surface area contributed by atoms with Gasteiger partial charge >= 0.3 is 0 Å². The number of aliphatic imine (C=N–C) groups is 1. The van der Waals surface area contributed by atoms with Crippen LogP contribution in [0, 0.1) is 0 Å². The van der Waals surface area contributed by atoms with Crippen LogP contribution in [0.2, 0.25) is 0 Å². The summed E-state index contributed by atoms with van der Waals surface area (Å²) in [6.07, 6.45) is 2.04. The number of nitrogens with one attached hydrogen (secondary N) is 1. The third-order valence-electron chi connectivity index (χ3n) is 4.71. The molecule has 0 unspecified atom stereocenters. The summed E-state index contributed by atoms with van der Waals surface area (Å²) in [5, 5.41) is 3.40. The minimum Gasteiger partial charge on any atom is -0.368 e. The predicted octanol–water partition coefficient (Wildman–Crippen LogP) is 4.49. The van der Waals surface area contributed by atoms with Crippen LogP contribution in [0.4, 0.5) is 0 Å². The van der Waals surface area contributed by atoms with Crippen molar-refractivity contribution < 1.29 is 0 Å². The lowest BCUT2D eigenvalue weighted by molar-refractivity contribution is 0.947. The van der Waals surface area contributed by atoms with E-state index in [1.165, 1.54) is 27.8 Å². The summed E-state index contributed by atoms with van der Waals surface area (Å²) in [6, 6.07) is 28.0. The Balaban J connectivity index is 1.59. The second kappa shape index (κ2) is 7.35. The van der Waals surface area contributed by atoms with E-state index in [4.69, 9.17) is 0 Å². The fraction of sp³-hybridized carbons (Fsp3) is 0.174. The number of aryl methyl sites for hydroxylation is 2. The van der Waals surface area contributed by atoms with Crippen molar-refractivity contribution in [2.75, 3.05) is 13.1 Å². The minimum absolute atomic E-state index is 0.876. The van der Waals surface area contributed by atoms with Crippen LogP contribution in [0.5, 0.6) is 0 Å². The second-order valence-corrected chi connectivity index (χ2v) is 6.34. The molecule has 0 saturated heterocycles. The van der Waals surface area contributed by atoms with Gasteiger partial charge in [-0.15, -0.1) is 0 Å². The van der Waals surface area contributed by atoms with Crippen molar-refractivity contribution in [3.8, 4) is 11.1 Å². The molecule has 0 aliphatic carbocycles. The number of nitrogens with zero attached hydrogens (tertiary/aromatic N) is 1. The Morgan fingerprint density at radius 3 is 1.96 bits per heavy atom. The van der Waals surface area contributed by atoms with E-state index >= 15 is 0 Å². The Kier molecular flexibility index (Phi) is 4.60. The van der Waals surface area contributed by atoms with Gasteiger partial charge in [0.2, 0.25) is 0 Å². The zero-order chi connectivity index (χ0) is 16.9. The lowest BCUT2D eigenvalue weighted by Crippen LogP contribution is -2.21. The number of amidine groups is 1. The van der Waals surface area contributed by atoms with Gasteiger partial charge in [-0.25, -0.2) is 0 Å². The van der Waals surface area contributed by atoms with Crippen LogP contribution in [-0.4, -0.2) is 18.9 Å². The average Bonchev–Trinajstić information content (AvgIpc) is 3.22. The fourth-order valence-corrected chi connectivity index (χ4v) is 3.45. The first-order valence-electron chi connectivity index (χ1n) is 8.92. The van der Waals surface area contributed by atoms with E-state index in [2.05, 4.69) is 89.2 Å². The molecule has 0 spiro atoms. The topological polar surface area (TPSA) is 24.4 Å². The Labute approximate surface area is 149 Å². The molecule has 0 atom stereocenters. The zero-order valence-corrected chi connectivity index (χ0v) is 14.3. The highest BCUT2D eigenvalue weighted by Gasteiger charge is 2.12. The molecular formula is C23H22N2. The molecule has 3 aromatic rings. The Bertz CT molecular complexity index is 881. The lowest BCUT2D eigenvalue weighted by atomic mass is 9.93. The van der Waals surface area contributed by atoms with Gasteiger partial charge < -0.3 is 5.32 Å². The first kappa shape index (κ1) is 15.6. The van der Waals surface area contributed by atoms with Crippen molar-refractivity contribution >= 4 is 5.84 Å². The molecule has 0 saturated carbocycles. The van der Waals surface area contributed by atoms with Crippen molar-refractivity contribution in [3.05, 3.63) is 95.6 Å². The summed E-state index contributed by atoms with van der Waals surface area (Å²) in [6.45, 7) is 1.82. The van der Waals surface area contributed by atoms with Crippen LogP contribution in [-0.2, 0) is 12.8 Å². The van der Waals surface area contributed by atoms with E-state index < -0.39 is 0 Å². The van der Waals surface area contributed by atoms with Gasteiger partial charge in [0.1, 0.15) is 5.84 Å². The van der Waals surface area contributed by atoms with E-state index in [-0.39, 0.29) is 0 Å². The highest BCUT2D eigenvalue weighted by atomic mass is 15.1. The molecule has 1 aliphatic heterocycles. The van der Waals surface area contributed by atoms with Crippen LogP contribution < -0.4 is 5.32 Å². The monoisotopic (exact) mass is 326 g/mol. The summed E-state index contributed by atoms with van der Waals surface area (Å²) < 4.78 is 0. The fourth-order valence-electron chi connectivity index (χ4n) is 3.45. The maximum absolute atomic E-state index is 4.59. The summed E-state index contributed by atoms with van der Waals surface area (Å²) >= 11 is 0. The van der Waals surface area contributed by atoms with Crippen LogP contribution in [0.15, 0.2) is 83.9 Å². The molecule has 3 aromatic carbocycles. The van der Waals surface area contributed by atoms with E-state index in [0.29, 0.717) is 0 Å². The highest BCUT2D eigenvalue weighted by molar-refractivity contribution is 6.01. The largest absolute Gasteiger partial charge is 0.368 e. The van der Waals surface area contributed by atoms with E-state index in [1.807, 2.05) is 0 Å². The van der Waals surface area contributed by atoms with Gasteiger partial charge in [-0.05, 0) is 35.1 Å². The van der Waals surface area contributed by atoms with Gasteiger partial charge in [0.25, 0.3) is 0 Å². The van der Waals surface area contributed by atoms with E-state index in [9.17, 15) is 0 Å². The van der Waals surface area contributed by atoms with E-state index in [0.717, 1.165) is 31.8 Å². The zero-order valence-electron chi connectivity index (χ0n) is 14.3. The molecule has 2 heteroatoms. The third kappa shape index (κ3) is 3.48. The van der Waals surface area contributed by atoms with Gasteiger partial charge in [0.05, 0.1) is 6.54 Å².